The quantitative estimate of drug-likeness (QED) is 0.488. The van der Waals surface area contributed by atoms with Gasteiger partial charge in [0.05, 0.1) is 11.9 Å². The number of hydrogen-bond donors (Lipinski definition) is 1. The first-order valence-corrected chi connectivity index (χ1v) is 13.7. The fourth-order valence-electron chi connectivity index (χ4n) is 3.11. The normalized spacial score (nSPS) is 12.7. The molecule has 0 aliphatic carbocycles. The molecule has 2 aromatic rings. The van der Waals surface area contributed by atoms with Crippen molar-refractivity contribution in [2.45, 2.75) is 45.8 Å². The van der Waals surface area contributed by atoms with Crippen LogP contribution in [-0.2, 0) is 26.2 Å². The number of halogens is 2. The van der Waals surface area contributed by atoms with Gasteiger partial charge in [-0.05, 0) is 69.7 Å². The zero-order chi connectivity index (χ0) is 25.0. The Morgan fingerprint density at radius 2 is 1.64 bits per heavy atom. The van der Waals surface area contributed by atoms with Gasteiger partial charge in [0.25, 0.3) is 0 Å². The van der Waals surface area contributed by atoms with Crippen LogP contribution in [0.3, 0.4) is 0 Å². The highest BCUT2D eigenvalue weighted by Crippen LogP contribution is 2.22. The summed E-state index contributed by atoms with van der Waals surface area (Å²) >= 11 is 6.75. The van der Waals surface area contributed by atoms with Crippen LogP contribution in [0.15, 0.2) is 57.5 Å². The Labute approximate surface area is 212 Å². The molecule has 0 fully saturated rings. The van der Waals surface area contributed by atoms with Gasteiger partial charge in [-0.15, -0.1) is 0 Å². The lowest BCUT2D eigenvalue weighted by Crippen LogP contribution is -2.54. The lowest BCUT2D eigenvalue weighted by atomic mass is 10.1. The van der Waals surface area contributed by atoms with Gasteiger partial charge >= 0.3 is 0 Å². The van der Waals surface area contributed by atoms with Gasteiger partial charge in [0.15, 0.2) is 0 Å². The molecule has 2 amide bonds. The van der Waals surface area contributed by atoms with Crippen molar-refractivity contribution >= 4 is 59.4 Å². The minimum atomic E-state index is -3.75. The summed E-state index contributed by atoms with van der Waals surface area (Å²) in [5, 5.41) is 2.89. The molecule has 0 saturated heterocycles. The van der Waals surface area contributed by atoms with Crippen LogP contribution < -0.4 is 9.62 Å². The van der Waals surface area contributed by atoms with Crippen molar-refractivity contribution in [2.24, 2.45) is 0 Å². The summed E-state index contributed by atoms with van der Waals surface area (Å²) in [6, 6.07) is 13.2. The van der Waals surface area contributed by atoms with Gasteiger partial charge in [0.1, 0.15) is 12.6 Å². The van der Waals surface area contributed by atoms with Crippen LogP contribution in [-0.4, -0.2) is 49.5 Å². The Hall–Kier alpha value is -1.91. The van der Waals surface area contributed by atoms with Crippen LogP contribution in [0.25, 0.3) is 0 Å². The Kier molecular flexibility index (Phi) is 9.12. The van der Waals surface area contributed by atoms with Crippen LogP contribution in [0.2, 0.25) is 0 Å². The van der Waals surface area contributed by atoms with Crippen molar-refractivity contribution < 1.29 is 18.0 Å². The number of rotatable bonds is 8. The molecule has 2 rings (SSSR count). The molecule has 0 aliphatic rings. The number of benzene rings is 2. The number of nitrogens with one attached hydrogen (secondary N) is 1. The average molecular weight is 603 g/mol. The van der Waals surface area contributed by atoms with Gasteiger partial charge in [-0.2, -0.15) is 0 Å². The highest BCUT2D eigenvalue weighted by molar-refractivity contribution is 9.10. The maximum absolute atomic E-state index is 13.5. The van der Waals surface area contributed by atoms with Gasteiger partial charge in [0.2, 0.25) is 21.8 Å². The summed E-state index contributed by atoms with van der Waals surface area (Å²) < 4.78 is 27.7. The van der Waals surface area contributed by atoms with E-state index in [0.29, 0.717) is 5.69 Å². The highest BCUT2D eigenvalue weighted by atomic mass is 79.9. The molecule has 2 aromatic carbocycles. The first-order valence-electron chi connectivity index (χ1n) is 10.3. The fraction of sp³-hybridized carbons (Fsp3) is 0.391. The molecule has 0 heterocycles. The lowest BCUT2D eigenvalue weighted by molar-refractivity contribution is -0.140. The topological polar surface area (TPSA) is 86.8 Å². The summed E-state index contributed by atoms with van der Waals surface area (Å²) in [6.45, 7) is 6.93. The van der Waals surface area contributed by atoms with Crippen molar-refractivity contribution in [2.75, 3.05) is 17.1 Å². The number of hydrogen-bond acceptors (Lipinski definition) is 4. The van der Waals surface area contributed by atoms with Crippen molar-refractivity contribution in [1.82, 2.24) is 10.2 Å². The minimum Gasteiger partial charge on any atom is -0.350 e. The number of carbonyl (C=O) groups is 2. The zero-order valence-corrected chi connectivity index (χ0v) is 23.3. The Balaban J connectivity index is 2.39. The van der Waals surface area contributed by atoms with Crippen molar-refractivity contribution in [3.05, 3.63) is 63.0 Å². The predicted octanol–water partition coefficient (Wildman–Crippen LogP) is 4.31. The standard InChI is InChI=1S/C23H29Br2N3O4S/c1-16(22(30)26-23(2,3)4)27(14-17-7-6-8-19(25)13-17)21(29)15-28(33(5,31)32)20-11-9-18(24)10-12-20/h6-13,16H,14-15H2,1-5H3,(H,26,30)/t16-/m1/s1. The summed E-state index contributed by atoms with van der Waals surface area (Å²) in [5.41, 5.74) is 0.692. The predicted molar refractivity (Wildman–Crippen MR) is 138 cm³/mol. The third-order valence-electron chi connectivity index (χ3n) is 4.70. The molecular formula is C23H29Br2N3O4S. The first kappa shape index (κ1) is 27.3. The molecule has 0 saturated carbocycles. The SMILES string of the molecule is C[C@H](C(=O)NC(C)(C)C)N(Cc1cccc(Br)c1)C(=O)CN(c1ccc(Br)cc1)S(C)(=O)=O. The minimum absolute atomic E-state index is 0.148. The van der Waals surface area contributed by atoms with Gasteiger partial charge in [-0.25, -0.2) is 8.42 Å². The Bertz CT molecular complexity index is 1100. The van der Waals surface area contributed by atoms with Gasteiger partial charge < -0.3 is 10.2 Å². The van der Waals surface area contributed by atoms with Gasteiger partial charge in [0, 0.05) is 21.0 Å². The van der Waals surface area contributed by atoms with E-state index in [2.05, 4.69) is 37.2 Å². The number of carbonyl (C=O) groups excluding carboxylic acids is 2. The number of nitrogens with zero attached hydrogens (tertiary/aromatic N) is 2. The van der Waals surface area contributed by atoms with Crippen LogP contribution >= 0.6 is 31.9 Å². The zero-order valence-electron chi connectivity index (χ0n) is 19.3. The molecule has 0 bridgehead atoms. The van der Waals surface area contributed by atoms with E-state index in [1.165, 1.54) is 4.90 Å². The average Bonchev–Trinajstić information content (AvgIpc) is 2.68. The maximum Gasteiger partial charge on any atom is 0.244 e. The van der Waals surface area contributed by atoms with Crippen molar-refractivity contribution in [3.8, 4) is 0 Å². The summed E-state index contributed by atoms with van der Waals surface area (Å²) in [5.74, 6) is -0.805. The number of amides is 2. The van der Waals surface area contributed by atoms with E-state index >= 15 is 0 Å². The van der Waals surface area contributed by atoms with E-state index in [9.17, 15) is 18.0 Å². The van der Waals surface area contributed by atoms with E-state index in [4.69, 9.17) is 0 Å². The molecule has 1 atom stereocenters. The van der Waals surface area contributed by atoms with E-state index in [-0.39, 0.29) is 12.5 Å². The molecule has 180 valence electrons. The molecule has 7 nitrogen and oxygen atoms in total. The second kappa shape index (κ2) is 11.0. The number of sulfonamides is 1. The van der Waals surface area contributed by atoms with Crippen LogP contribution in [0, 0.1) is 0 Å². The summed E-state index contributed by atoms with van der Waals surface area (Å²) in [6.07, 6.45) is 1.05. The molecule has 33 heavy (non-hydrogen) atoms. The second-order valence-electron chi connectivity index (χ2n) is 8.81. The third kappa shape index (κ3) is 8.42. The molecule has 10 heteroatoms. The summed E-state index contributed by atoms with van der Waals surface area (Å²) in [4.78, 5) is 27.8. The monoisotopic (exact) mass is 601 g/mol. The molecule has 0 aromatic heterocycles. The highest BCUT2D eigenvalue weighted by Gasteiger charge is 2.31. The fourth-order valence-corrected chi connectivity index (χ4v) is 4.67. The smallest absolute Gasteiger partial charge is 0.244 e. The van der Waals surface area contributed by atoms with Crippen LogP contribution in [0.5, 0.6) is 0 Å². The third-order valence-corrected chi connectivity index (χ3v) is 6.86. The largest absolute Gasteiger partial charge is 0.350 e. The van der Waals surface area contributed by atoms with E-state index < -0.39 is 34.1 Å². The van der Waals surface area contributed by atoms with E-state index in [0.717, 1.165) is 25.1 Å². The molecule has 0 spiro atoms. The first-order chi connectivity index (χ1) is 15.2. The molecule has 0 radical (unpaired) electrons. The Morgan fingerprint density at radius 3 is 2.15 bits per heavy atom. The molecule has 1 N–H and O–H groups in total. The maximum atomic E-state index is 13.5. The van der Waals surface area contributed by atoms with E-state index in [1.807, 2.05) is 45.0 Å². The molecule has 0 unspecified atom stereocenters. The second-order valence-corrected chi connectivity index (χ2v) is 12.6. The Morgan fingerprint density at radius 1 is 1.03 bits per heavy atom. The summed E-state index contributed by atoms with van der Waals surface area (Å²) in [7, 11) is -3.75. The van der Waals surface area contributed by atoms with E-state index in [1.54, 1.807) is 31.2 Å². The van der Waals surface area contributed by atoms with Crippen LogP contribution in [0.4, 0.5) is 5.69 Å². The van der Waals surface area contributed by atoms with Gasteiger partial charge in [-0.3, -0.25) is 13.9 Å². The van der Waals surface area contributed by atoms with Crippen LogP contribution in [0.1, 0.15) is 33.3 Å². The van der Waals surface area contributed by atoms with Crippen molar-refractivity contribution in [3.63, 3.8) is 0 Å². The molecule has 0 aliphatic heterocycles. The number of anilines is 1. The lowest BCUT2D eigenvalue weighted by Gasteiger charge is -2.33. The molecular weight excluding hydrogens is 574 g/mol. The van der Waals surface area contributed by atoms with Gasteiger partial charge in [-0.1, -0.05) is 44.0 Å². The van der Waals surface area contributed by atoms with Crippen molar-refractivity contribution in [1.29, 1.82) is 0 Å².